The van der Waals surface area contributed by atoms with E-state index in [4.69, 9.17) is 4.42 Å². The highest BCUT2D eigenvalue weighted by Gasteiger charge is 2.24. The van der Waals surface area contributed by atoms with E-state index >= 15 is 0 Å². The molecule has 0 unspecified atom stereocenters. The minimum atomic E-state index is 0.885. The highest BCUT2D eigenvalue weighted by atomic mass is 16.3. The van der Waals surface area contributed by atoms with Gasteiger partial charge in [-0.1, -0.05) is 164 Å². The van der Waals surface area contributed by atoms with Crippen molar-refractivity contribution in [3.8, 4) is 33.4 Å². The highest BCUT2D eigenvalue weighted by molar-refractivity contribution is 6.17. The van der Waals surface area contributed by atoms with E-state index < -0.39 is 0 Å². The fourth-order valence-corrected chi connectivity index (χ4v) is 7.95. The molecule has 9 aromatic carbocycles. The molecule has 0 saturated carbocycles. The zero-order valence-corrected chi connectivity index (χ0v) is 28.4. The zero-order chi connectivity index (χ0) is 34.4. The Labute approximate surface area is 302 Å². The van der Waals surface area contributed by atoms with Crippen LogP contribution in [0.4, 0.5) is 17.1 Å². The summed E-state index contributed by atoms with van der Waals surface area (Å²) < 4.78 is 6.41. The molecule has 0 radical (unpaired) electrons. The van der Waals surface area contributed by atoms with Gasteiger partial charge in [0.2, 0.25) is 0 Å². The van der Waals surface area contributed by atoms with Gasteiger partial charge in [0.25, 0.3) is 0 Å². The maximum Gasteiger partial charge on any atom is 0.136 e. The van der Waals surface area contributed by atoms with Crippen molar-refractivity contribution >= 4 is 60.5 Å². The molecule has 0 fully saturated rings. The van der Waals surface area contributed by atoms with Crippen LogP contribution < -0.4 is 4.90 Å². The Kier molecular flexibility index (Phi) is 7.18. The third kappa shape index (κ3) is 4.96. The van der Waals surface area contributed by atoms with E-state index in [2.05, 4.69) is 199 Å². The van der Waals surface area contributed by atoms with Crippen LogP contribution >= 0.6 is 0 Å². The maximum atomic E-state index is 6.41. The standard InChI is InChI=1S/C50H33NO/c1-3-15-34(16-4-1)38-21-11-22-39(33-38)51(44-27-12-20-37-32-31-35-17-7-8-23-40(35)48(37)44)45-28-13-25-41(49(45)36-18-5-2-6-19-36)42-26-14-30-47-50(42)43-24-9-10-29-46(43)52-47/h1-33H. The smallest absolute Gasteiger partial charge is 0.136 e. The quantitative estimate of drug-likeness (QED) is 0.165. The summed E-state index contributed by atoms with van der Waals surface area (Å²) in [7, 11) is 0. The summed E-state index contributed by atoms with van der Waals surface area (Å²) >= 11 is 0. The lowest BCUT2D eigenvalue weighted by atomic mass is 9.89. The lowest BCUT2D eigenvalue weighted by molar-refractivity contribution is 0.669. The van der Waals surface area contributed by atoms with Crippen LogP contribution in [0.25, 0.3) is 76.9 Å². The Morgan fingerprint density at radius 3 is 1.81 bits per heavy atom. The predicted octanol–water partition coefficient (Wildman–Crippen LogP) is 14.4. The Bertz CT molecular complexity index is 2910. The van der Waals surface area contributed by atoms with Crippen molar-refractivity contribution < 1.29 is 4.42 Å². The van der Waals surface area contributed by atoms with Crippen molar-refractivity contribution in [2.45, 2.75) is 0 Å². The van der Waals surface area contributed by atoms with Crippen molar-refractivity contribution in [3.63, 3.8) is 0 Å². The van der Waals surface area contributed by atoms with Gasteiger partial charge in [-0.2, -0.15) is 0 Å². The van der Waals surface area contributed by atoms with E-state index in [1.165, 1.54) is 32.7 Å². The monoisotopic (exact) mass is 663 g/mol. The van der Waals surface area contributed by atoms with Crippen molar-refractivity contribution in [2.24, 2.45) is 0 Å². The number of hydrogen-bond donors (Lipinski definition) is 0. The summed E-state index contributed by atoms with van der Waals surface area (Å²) in [6.07, 6.45) is 0. The van der Waals surface area contributed by atoms with Gasteiger partial charge in [-0.05, 0) is 80.4 Å². The van der Waals surface area contributed by atoms with Crippen LogP contribution in [0.3, 0.4) is 0 Å². The van der Waals surface area contributed by atoms with E-state index in [0.29, 0.717) is 0 Å². The summed E-state index contributed by atoms with van der Waals surface area (Å²) in [5.74, 6) is 0. The molecule has 244 valence electrons. The number of furan rings is 1. The van der Waals surface area contributed by atoms with Gasteiger partial charge in [0.1, 0.15) is 11.2 Å². The van der Waals surface area contributed by atoms with Crippen LogP contribution in [0.15, 0.2) is 205 Å². The van der Waals surface area contributed by atoms with E-state index in [1.807, 2.05) is 6.07 Å². The third-order valence-corrected chi connectivity index (χ3v) is 10.2. The molecule has 0 saturated heterocycles. The molecule has 0 bridgehead atoms. The Morgan fingerprint density at radius 2 is 0.942 bits per heavy atom. The van der Waals surface area contributed by atoms with E-state index in [-0.39, 0.29) is 0 Å². The molecule has 0 amide bonds. The Hall–Kier alpha value is -6.90. The van der Waals surface area contributed by atoms with Gasteiger partial charge in [0, 0.05) is 27.4 Å². The van der Waals surface area contributed by atoms with Crippen molar-refractivity contribution in [1.29, 1.82) is 0 Å². The number of anilines is 3. The fraction of sp³-hybridized carbons (Fsp3) is 0. The lowest BCUT2D eigenvalue weighted by Gasteiger charge is -2.31. The molecule has 0 aliphatic carbocycles. The molecular formula is C50H33NO. The molecule has 0 N–H and O–H groups in total. The molecule has 1 aromatic heterocycles. The van der Waals surface area contributed by atoms with E-state index in [9.17, 15) is 0 Å². The first kappa shape index (κ1) is 30.0. The number of fused-ring (bicyclic) bond motifs is 6. The van der Waals surface area contributed by atoms with Crippen LogP contribution in [-0.2, 0) is 0 Å². The predicted molar refractivity (Wildman–Crippen MR) is 220 cm³/mol. The second-order valence-corrected chi connectivity index (χ2v) is 13.3. The molecule has 52 heavy (non-hydrogen) atoms. The number of benzene rings is 9. The molecule has 10 rings (SSSR count). The van der Waals surface area contributed by atoms with Crippen LogP contribution in [0.5, 0.6) is 0 Å². The van der Waals surface area contributed by atoms with Crippen LogP contribution in [0.2, 0.25) is 0 Å². The first-order valence-corrected chi connectivity index (χ1v) is 17.8. The summed E-state index contributed by atoms with van der Waals surface area (Å²) in [4.78, 5) is 2.47. The summed E-state index contributed by atoms with van der Waals surface area (Å²) in [6.45, 7) is 0. The molecule has 0 aliphatic rings. The molecule has 1 heterocycles. The first-order valence-electron chi connectivity index (χ1n) is 17.8. The Balaban J connectivity index is 1.33. The average Bonchev–Trinajstić information content (AvgIpc) is 3.61. The highest BCUT2D eigenvalue weighted by Crippen LogP contribution is 2.50. The number of hydrogen-bond acceptors (Lipinski definition) is 2. The maximum absolute atomic E-state index is 6.41. The van der Waals surface area contributed by atoms with Gasteiger partial charge >= 0.3 is 0 Å². The molecule has 2 heteroatoms. The molecular weight excluding hydrogens is 631 g/mol. The Morgan fingerprint density at radius 1 is 0.346 bits per heavy atom. The van der Waals surface area contributed by atoms with E-state index in [0.717, 1.165) is 61.3 Å². The lowest BCUT2D eigenvalue weighted by Crippen LogP contribution is -2.12. The van der Waals surface area contributed by atoms with Crippen molar-refractivity contribution in [1.82, 2.24) is 0 Å². The van der Waals surface area contributed by atoms with Gasteiger partial charge < -0.3 is 9.32 Å². The van der Waals surface area contributed by atoms with Crippen molar-refractivity contribution in [3.05, 3.63) is 200 Å². The van der Waals surface area contributed by atoms with Crippen LogP contribution in [0.1, 0.15) is 0 Å². The summed E-state index contributed by atoms with van der Waals surface area (Å²) in [6, 6.07) is 71.8. The summed E-state index contributed by atoms with van der Waals surface area (Å²) in [5.41, 5.74) is 12.0. The molecule has 0 spiro atoms. The molecule has 2 nitrogen and oxygen atoms in total. The average molecular weight is 664 g/mol. The van der Waals surface area contributed by atoms with Gasteiger partial charge in [0.15, 0.2) is 0 Å². The zero-order valence-electron chi connectivity index (χ0n) is 28.4. The third-order valence-electron chi connectivity index (χ3n) is 10.2. The molecule has 0 atom stereocenters. The molecule has 10 aromatic rings. The number of para-hydroxylation sites is 1. The first-order chi connectivity index (χ1) is 25.8. The minimum Gasteiger partial charge on any atom is -0.456 e. The van der Waals surface area contributed by atoms with Gasteiger partial charge in [0.05, 0.1) is 11.4 Å². The second-order valence-electron chi connectivity index (χ2n) is 13.3. The largest absolute Gasteiger partial charge is 0.456 e. The van der Waals surface area contributed by atoms with Gasteiger partial charge in [-0.25, -0.2) is 0 Å². The SMILES string of the molecule is c1ccc(-c2cccc(N(c3cccc(-c4cccc5oc6ccccc6c45)c3-c3ccccc3)c3cccc4ccc5ccccc5c34)c2)cc1. The van der Waals surface area contributed by atoms with E-state index in [1.54, 1.807) is 0 Å². The molecule has 0 aliphatic heterocycles. The van der Waals surface area contributed by atoms with Gasteiger partial charge in [-0.15, -0.1) is 0 Å². The number of nitrogens with zero attached hydrogens (tertiary/aromatic N) is 1. The second kappa shape index (κ2) is 12.5. The fourth-order valence-electron chi connectivity index (χ4n) is 7.95. The van der Waals surface area contributed by atoms with Crippen LogP contribution in [0, 0.1) is 0 Å². The van der Waals surface area contributed by atoms with Crippen molar-refractivity contribution in [2.75, 3.05) is 4.90 Å². The topological polar surface area (TPSA) is 16.4 Å². The summed E-state index contributed by atoms with van der Waals surface area (Å²) in [5, 5.41) is 7.11. The normalized spacial score (nSPS) is 11.5. The van der Waals surface area contributed by atoms with Gasteiger partial charge in [-0.3, -0.25) is 0 Å². The van der Waals surface area contributed by atoms with Crippen LogP contribution in [-0.4, -0.2) is 0 Å². The minimum absolute atomic E-state index is 0.885. The number of rotatable bonds is 6.